The summed E-state index contributed by atoms with van der Waals surface area (Å²) in [5.74, 6) is -1.17. The van der Waals surface area contributed by atoms with E-state index in [1.54, 1.807) is 60.0 Å². The number of nitrogens with zero attached hydrogens (tertiary/aromatic N) is 2. The highest BCUT2D eigenvalue weighted by Gasteiger charge is 2.20. The van der Waals surface area contributed by atoms with Crippen molar-refractivity contribution < 1.29 is 9.59 Å². The third-order valence-electron chi connectivity index (χ3n) is 4.18. The normalized spacial score (nSPS) is 10.7. The van der Waals surface area contributed by atoms with Crippen LogP contribution < -0.4 is 16.6 Å². The maximum Gasteiger partial charge on any atom is 0.279 e. The molecule has 0 aliphatic heterocycles. The predicted molar refractivity (Wildman–Crippen MR) is 108 cm³/mol. The number of primary amides is 1. The van der Waals surface area contributed by atoms with E-state index < -0.39 is 11.8 Å². The van der Waals surface area contributed by atoms with Crippen molar-refractivity contribution in [1.82, 2.24) is 9.78 Å². The lowest BCUT2D eigenvalue weighted by molar-refractivity contribution is 0.100. The van der Waals surface area contributed by atoms with Gasteiger partial charge in [0.05, 0.1) is 16.6 Å². The van der Waals surface area contributed by atoms with Crippen molar-refractivity contribution in [1.29, 1.82) is 0 Å². The Morgan fingerprint density at radius 1 is 0.964 bits per heavy atom. The van der Waals surface area contributed by atoms with Gasteiger partial charge in [0.15, 0.2) is 5.69 Å². The number of rotatable bonds is 4. The minimum absolute atomic E-state index is 0.0721. The Hall–Kier alpha value is -3.78. The lowest BCUT2D eigenvalue weighted by atomic mass is 10.1. The maximum absolute atomic E-state index is 13.0. The van der Waals surface area contributed by atoms with Crippen LogP contribution in [0.5, 0.6) is 0 Å². The zero-order chi connectivity index (χ0) is 19.7. The summed E-state index contributed by atoms with van der Waals surface area (Å²) < 4.78 is 1.20. The molecule has 3 N–H and O–H groups in total. The van der Waals surface area contributed by atoms with Crippen LogP contribution in [-0.4, -0.2) is 21.6 Å². The van der Waals surface area contributed by atoms with Crippen LogP contribution in [0.3, 0.4) is 0 Å². The molecule has 2 aromatic heterocycles. The van der Waals surface area contributed by atoms with Gasteiger partial charge >= 0.3 is 0 Å². The molecule has 0 spiro atoms. The molecule has 2 amide bonds. The van der Waals surface area contributed by atoms with E-state index in [4.69, 9.17) is 5.73 Å². The number of benzene rings is 2. The zero-order valence-corrected chi connectivity index (χ0v) is 15.3. The summed E-state index contributed by atoms with van der Waals surface area (Å²) in [6.07, 6.45) is 0. The quantitative estimate of drug-likeness (QED) is 0.559. The van der Waals surface area contributed by atoms with E-state index in [0.717, 1.165) is 0 Å². The summed E-state index contributed by atoms with van der Waals surface area (Å²) in [5.41, 5.74) is 5.85. The number of nitrogens with one attached hydrogen (secondary N) is 1. The van der Waals surface area contributed by atoms with Crippen molar-refractivity contribution in [3.05, 3.63) is 87.7 Å². The molecule has 4 aromatic rings. The molecule has 28 heavy (non-hydrogen) atoms. The van der Waals surface area contributed by atoms with Gasteiger partial charge in [-0.3, -0.25) is 14.4 Å². The van der Waals surface area contributed by atoms with Gasteiger partial charge in [0, 0.05) is 5.39 Å². The van der Waals surface area contributed by atoms with Gasteiger partial charge in [-0.05, 0) is 29.6 Å². The predicted octanol–water partition coefficient (Wildman–Crippen LogP) is 2.80. The van der Waals surface area contributed by atoms with Gasteiger partial charge in [-0.15, -0.1) is 11.3 Å². The molecule has 0 fully saturated rings. The summed E-state index contributed by atoms with van der Waals surface area (Å²) in [5, 5.41) is 9.77. The molecule has 7 nitrogen and oxygen atoms in total. The highest BCUT2D eigenvalue weighted by molar-refractivity contribution is 7.14. The Morgan fingerprint density at radius 2 is 1.64 bits per heavy atom. The van der Waals surface area contributed by atoms with E-state index in [1.165, 1.54) is 16.0 Å². The van der Waals surface area contributed by atoms with Gasteiger partial charge in [0.25, 0.3) is 17.4 Å². The first-order chi connectivity index (χ1) is 13.6. The third kappa shape index (κ3) is 3.06. The fourth-order valence-electron chi connectivity index (χ4n) is 2.86. The molecule has 0 unspecified atom stereocenters. The van der Waals surface area contributed by atoms with Crippen LogP contribution >= 0.6 is 11.3 Å². The molecule has 0 radical (unpaired) electrons. The van der Waals surface area contributed by atoms with Crippen molar-refractivity contribution in [2.45, 2.75) is 0 Å². The number of amides is 2. The van der Waals surface area contributed by atoms with Crippen molar-refractivity contribution in [2.75, 3.05) is 5.32 Å². The van der Waals surface area contributed by atoms with Crippen LogP contribution in [0, 0.1) is 0 Å². The van der Waals surface area contributed by atoms with Crippen LogP contribution in [0.2, 0.25) is 0 Å². The zero-order valence-electron chi connectivity index (χ0n) is 14.5. The second kappa shape index (κ2) is 7.09. The van der Waals surface area contributed by atoms with Crippen LogP contribution in [-0.2, 0) is 0 Å². The smallest absolute Gasteiger partial charge is 0.279 e. The number of para-hydroxylation sites is 1. The molecule has 2 heterocycles. The van der Waals surface area contributed by atoms with E-state index in [1.807, 2.05) is 6.07 Å². The van der Waals surface area contributed by atoms with Crippen molar-refractivity contribution in [2.24, 2.45) is 5.73 Å². The van der Waals surface area contributed by atoms with Crippen LogP contribution in [0.1, 0.15) is 20.8 Å². The minimum atomic E-state index is -0.636. The van der Waals surface area contributed by atoms with Gasteiger partial charge in [-0.2, -0.15) is 9.78 Å². The van der Waals surface area contributed by atoms with Crippen molar-refractivity contribution in [3.8, 4) is 5.69 Å². The Bertz CT molecular complexity index is 1260. The molecule has 0 saturated heterocycles. The molecule has 8 heteroatoms. The Labute approximate surface area is 163 Å². The highest BCUT2D eigenvalue weighted by atomic mass is 32.1. The molecule has 138 valence electrons. The molecule has 0 bridgehead atoms. The number of hydrogen-bond acceptors (Lipinski definition) is 5. The van der Waals surface area contributed by atoms with E-state index in [-0.39, 0.29) is 16.8 Å². The number of aromatic nitrogens is 2. The number of hydrogen-bond donors (Lipinski definition) is 2. The lowest BCUT2D eigenvalue weighted by Gasteiger charge is -2.11. The van der Waals surface area contributed by atoms with Crippen LogP contribution in [0.4, 0.5) is 5.00 Å². The average molecular weight is 390 g/mol. The summed E-state index contributed by atoms with van der Waals surface area (Å²) in [4.78, 5) is 37.3. The van der Waals surface area contributed by atoms with Crippen molar-refractivity contribution in [3.63, 3.8) is 0 Å². The summed E-state index contributed by atoms with van der Waals surface area (Å²) >= 11 is 1.18. The molecule has 0 atom stereocenters. The molecule has 2 aromatic carbocycles. The third-order valence-corrected chi connectivity index (χ3v) is 5.01. The monoisotopic (exact) mass is 390 g/mol. The second-order valence-electron chi connectivity index (χ2n) is 5.93. The summed E-state index contributed by atoms with van der Waals surface area (Å²) in [7, 11) is 0. The molecule has 0 aliphatic carbocycles. The fraction of sp³-hybridized carbons (Fsp3) is 0. The van der Waals surface area contributed by atoms with Gasteiger partial charge in [0.2, 0.25) is 0 Å². The topological polar surface area (TPSA) is 107 Å². The van der Waals surface area contributed by atoms with E-state index in [0.29, 0.717) is 21.5 Å². The molecule has 4 rings (SSSR count). The molecule has 0 saturated carbocycles. The Kier molecular flexibility index (Phi) is 4.46. The summed E-state index contributed by atoms with van der Waals surface area (Å²) in [6.45, 7) is 0. The van der Waals surface area contributed by atoms with Gasteiger partial charge in [0.1, 0.15) is 5.00 Å². The molecule has 0 aliphatic rings. The number of nitrogens with two attached hydrogens (primary N) is 1. The lowest BCUT2D eigenvalue weighted by Crippen LogP contribution is -2.26. The molecular formula is C20H14N4O3S. The second-order valence-corrected chi connectivity index (χ2v) is 6.84. The average Bonchev–Trinajstić information content (AvgIpc) is 3.17. The molecular weight excluding hydrogens is 376 g/mol. The first kappa shape index (κ1) is 17.6. The van der Waals surface area contributed by atoms with Gasteiger partial charge in [-0.25, -0.2) is 0 Å². The summed E-state index contributed by atoms with van der Waals surface area (Å²) in [6, 6.07) is 17.2. The number of carbonyl (C=O) groups is 2. The number of anilines is 1. The van der Waals surface area contributed by atoms with Gasteiger partial charge < -0.3 is 11.1 Å². The standard InChI is InChI=1S/C20H14N4O3S/c21-17(25)15-10-11-28-19(15)22-18(26)16-13-8-4-5-9-14(13)20(27)24(23-16)12-6-2-1-3-7-12/h1-11H,(H2,21,25)(H,22,26). The number of fused-ring (bicyclic) bond motifs is 1. The van der Waals surface area contributed by atoms with Crippen LogP contribution in [0.15, 0.2) is 70.8 Å². The Morgan fingerprint density at radius 3 is 2.36 bits per heavy atom. The van der Waals surface area contributed by atoms with E-state index >= 15 is 0 Å². The SMILES string of the molecule is NC(=O)c1ccsc1NC(=O)c1nn(-c2ccccc2)c(=O)c2ccccc12. The fourth-order valence-corrected chi connectivity index (χ4v) is 3.65. The van der Waals surface area contributed by atoms with Crippen molar-refractivity contribution >= 4 is 38.9 Å². The maximum atomic E-state index is 13.0. The van der Waals surface area contributed by atoms with E-state index in [2.05, 4.69) is 10.4 Å². The van der Waals surface area contributed by atoms with Crippen LogP contribution in [0.25, 0.3) is 16.5 Å². The largest absolute Gasteiger partial charge is 0.366 e. The van der Waals surface area contributed by atoms with Gasteiger partial charge in [-0.1, -0.05) is 36.4 Å². The minimum Gasteiger partial charge on any atom is -0.366 e. The van der Waals surface area contributed by atoms with E-state index in [9.17, 15) is 14.4 Å². The Balaban J connectivity index is 1.87. The first-order valence-electron chi connectivity index (χ1n) is 8.32. The number of thiophene rings is 1. The highest BCUT2D eigenvalue weighted by Crippen LogP contribution is 2.24. The first-order valence-corrected chi connectivity index (χ1v) is 9.20. The number of carbonyl (C=O) groups excluding carboxylic acids is 2.